The van der Waals surface area contributed by atoms with Gasteiger partial charge in [-0.1, -0.05) is 54.6 Å². The number of nitrogens with two attached hydrogens (primary N) is 1. The first-order valence-corrected chi connectivity index (χ1v) is 10.6. The molecule has 0 radical (unpaired) electrons. The van der Waals surface area contributed by atoms with E-state index in [0.717, 1.165) is 44.1 Å². The normalized spacial score (nSPS) is 14.3. The number of amides is 1. The van der Waals surface area contributed by atoms with Gasteiger partial charge in [0.25, 0.3) is 5.91 Å². The predicted octanol–water partition coefficient (Wildman–Crippen LogP) is 3.22. The largest absolute Gasteiger partial charge is 0.380 e. The zero-order valence-electron chi connectivity index (χ0n) is 17.6. The topological polar surface area (TPSA) is 80.5 Å². The van der Waals surface area contributed by atoms with Crippen LogP contribution in [0, 0.1) is 0 Å². The van der Waals surface area contributed by atoms with Gasteiger partial charge in [-0.3, -0.25) is 14.7 Å². The Morgan fingerprint density at radius 3 is 2.42 bits per heavy atom. The number of ether oxygens (including phenoxy) is 1. The highest BCUT2D eigenvalue weighted by Gasteiger charge is 2.12. The zero-order valence-corrected chi connectivity index (χ0v) is 17.6. The van der Waals surface area contributed by atoms with Gasteiger partial charge in [-0.25, -0.2) is 0 Å². The first-order valence-electron chi connectivity index (χ1n) is 10.6. The van der Waals surface area contributed by atoms with Crippen LogP contribution in [-0.2, 0) is 24.2 Å². The van der Waals surface area contributed by atoms with Crippen LogP contribution in [0.15, 0.2) is 66.9 Å². The molecule has 1 amide bonds. The van der Waals surface area contributed by atoms with Crippen LogP contribution >= 0.6 is 0 Å². The van der Waals surface area contributed by atoms with E-state index in [1.807, 2.05) is 36.4 Å². The lowest BCUT2D eigenvalue weighted by Gasteiger charge is -2.26. The van der Waals surface area contributed by atoms with Gasteiger partial charge >= 0.3 is 0 Å². The van der Waals surface area contributed by atoms with E-state index in [2.05, 4.69) is 39.5 Å². The number of nitrogens with one attached hydrogen (secondary N) is 1. The second-order valence-electron chi connectivity index (χ2n) is 7.81. The molecule has 3 N–H and O–H groups in total. The van der Waals surface area contributed by atoms with Crippen LogP contribution in [-0.4, -0.2) is 42.1 Å². The Morgan fingerprint density at radius 1 is 1.00 bits per heavy atom. The molecule has 2 heterocycles. The van der Waals surface area contributed by atoms with Gasteiger partial charge in [0, 0.05) is 44.5 Å². The van der Waals surface area contributed by atoms with Gasteiger partial charge in [-0.2, -0.15) is 0 Å². The van der Waals surface area contributed by atoms with Crippen molar-refractivity contribution in [1.29, 1.82) is 0 Å². The minimum Gasteiger partial charge on any atom is -0.380 e. The minimum atomic E-state index is -0.484. The molecule has 2 aromatic carbocycles. The molecule has 1 fully saturated rings. The highest BCUT2D eigenvalue weighted by Crippen LogP contribution is 2.19. The molecule has 0 unspecified atom stereocenters. The minimum absolute atomic E-state index is 0.403. The van der Waals surface area contributed by atoms with Gasteiger partial charge in [-0.15, -0.1) is 0 Å². The number of morpholine rings is 1. The van der Waals surface area contributed by atoms with E-state index in [0.29, 0.717) is 24.2 Å². The molecule has 160 valence electrons. The van der Waals surface area contributed by atoms with E-state index >= 15 is 0 Å². The van der Waals surface area contributed by atoms with Crippen molar-refractivity contribution in [2.75, 3.05) is 31.6 Å². The summed E-state index contributed by atoms with van der Waals surface area (Å²) in [6.45, 7) is 5.15. The van der Waals surface area contributed by atoms with E-state index in [9.17, 15) is 4.79 Å². The predicted molar refractivity (Wildman–Crippen MR) is 122 cm³/mol. The molecule has 0 saturated carbocycles. The Balaban J connectivity index is 1.43. The number of benzene rings is 2. The number of rotatable bonds is 8. The number of anilines is 1. The molecule has 0 spiro atoms. The SMILES string of the molecule is NC(=O)c1cnc(Cc2ccc(CN3CCOCC3)cc2)cc1NCc1ccccc1. The molecular weight excluding hydrogens is 388 g/mol. The van der Waals surface area contributed by atoms with E-state index < -0.39 is 5.91 Å². The summed E-state index contributed by atoms with van der Waals surface area (Å²) in [5.74, 6) is -0.484. The number of pyridine rings is 1. The number of carbonyl (C=O) groups is 1. The molecular formula is C25H28N4O2. The average molecular weight is 417 g/mol. The molecule has 4 rings (SSSR count). The zero-order chi connectivity index (χ0) is 21.5. The van der Waals surface area contributed by atoms with Crippen molar-refractivity contribution in [3.8, 4) is 0 Å². The number of hydrogen-bond acceptors (Lipinski definition) is 5. The first-order chi connectivity index (χ1) is 15.2. The van der Waals surface area contributed by atoms with E-state index in [1.165, 1.54) is 11.1 Å². The lowest BCUT2D eigenvalue weighted by Crippen LogP contribution is -2.35. The highest BCUT2D eigenvalue weighted by atomic mass is 16.5. The van der Waals surface area contributed by atoms with Crippen LogP contribution in [0.1, 0.15) is 32.7 Å². The number of hydrogen-bond donors (Lipinski definition) is 2. The molecule has 1 saturated heterocycles. The monoisotopic (exact) mass is 416 g/mol. The van der Waals surface area contributed by atoms with E-state index in [1.54, 1.807) is 6.20 Å². The Hall–Kier alpha value is -3.22. The van der Waals surface area contributed by atoms with Gasteiger partial charge < -0.3 is 15.8 Å². The molecule has 6 heteroatoms. The van der Waals surface area contributed by atoms with Crippen molar-refractivity contribution in [3.05, 3.63) is 94.8 Å². The summed E-state index contributed by atoms with van der Waals surface area (Å²) < 4.78 is 5.42. The first kappa shape index (κ1) is 21.0. The van der Waals surface area contributed by atoms with Gasteiger partial charge in [0.15, 0.2) is 0 Å². The molecule has 6 nitrogen and oxygen atoms in total. The van der Waals surface area contributed by atoms with Crippen LogP contribution in [0.5, 0.6) is 0 Å². The summed E-state index contributed by atoms with van der Waals surface area (Å²) >= 11 is 0. The average Bonchev–Trinajstić information content (AvgIpc) is 2.80. The Kier molecular flexibility index (Phi) is 6.92. The second-order valence-corrected chi connectivity index (χ2v) is 7.81. The van der Waals surface area contributed by atoms with Crippen molar-refractivity contribution in [2.45, 2.75) is 19.5 Å². The lowest BCUT2D eigenvalue weighted by molar-refractivity contribution is 0.0342. The molecule has 0 aliphatic carbocycles. The number of nitrogens with zero attached hydrogens (tertiary/aromatic N) is 2. The van der Waals surface area contributed by atoms with Gasteiger partial charge in [0.1, 0.15) is 0 Å². The lowest BCUT2D eigenvalue weighted by atomic mass is 10.0. The standard InChI is InChI=1S/C25H28N4O2/c26-25(30)23-17-27-22(15-24(23)28-16-20-4-2-1-3-5-20)14-19-6-8-21(9-7-19)18-29-10-12-31-13-11-29/h1-9,15,17H,10-14,16,18H2,(H2,26,30)(H,27,28). The maximum Gasteiger partial charge on any atom is 0.252 e. The molecule has 1 aliphatic heterocycles. The Bertz CT molecular complexity index is 1000. The summed E-state index contributed by atoms with van der Waals surface area (Å²) in [5, 5.41) is 3.34. The highest BCUT2D eigenvalue weighted by molar-refractivity contribution is 5.98. The van der Waals surface area contributed by atoms with E-state index in [-0.39, 0.29) is 0 Å². The molecule has 0 bridgehead atoms. The van der Waals surface area contributed by atoms with Crippen molar-refractivity contribution in [2.24, 2.45) is 5.73 Å². The fourth-order valence-corrected chi connectivity index (χ4v) is 3.72. The van der Waals surface area contributed by atoms with Crippen molar-refractivity contribution in [3.63, 3.8) is 0 Å². The Morgan fingerprint density at radius 2 is 1.71 bits per heavy atom. The number of aromatic nitrogens is 1. The maximum absolute atomic E-state index is 11.8. The van der Waals surface area contributed by atoms with Gasteiger partial charge in [0.05, 0.1) is 24.5 Å². The van der Waals surface area contributed by atoms with Crippen molar-refractivity contribution in [1.82, 2.24) is 9.88 Å². The number of carbonyl (C=O) groups excluding carboxylic acids is 1. The maximum atomic E-state index is 11.8. The van der Waals surface area contributed by atoms with Crippen LogP contribution in [0.3, 0.4) is 0 Å². The molecule has 31 heavy (non-hydrogen) atoms. The summed E-state index contributed by atoms with van der Waals surface area (Å²) in [5.41, 5.74) is 11.2. The van der Waals surface area contributed by atoms with E-state index in [4.69, 9.17) is 10.5 Å². The Labute approximate surface area is 183 Å². The van der Waals surface area contributed by atoms with Crippen LogP contribution in [0.4, 0.5) is 5.69 Å². The third-order valence-corrected chi connectivity index (χ3v) is 5.47. The summed E-state index contributed by atoms with van der Waals surface area (Å²) in [6.07, 6.45) is 2.26. The smallest absolute Gasteiger partial charge is 0.252 e. The quantitative estimate of drug-likeness (QED) is 0.589. The summed E-state index contributed by atoms with van der Waals surface area (Å²) in [6, 6.07) is 20.6. The summed E-state index contributed by atoms with van der Waals surface area (Å²) in [7, 11) is 0. The summed E-state index contributed by atoms with van der Waals surface area (Å²) in [4.78, 5) is 18.7. The van der Waals surface area contributed by atoms with Crippen molar-refractivity contribution >= 4 is 11.6 Å². The van der Waals surface area contributed by atoms with Gasteiger partial charge in [0.2, 0.25) is 0 Å². The van der Waals surface area contributed by atoms with Crippen LogP contribution in [0.2, 0.25) is 0 Å². The fraction of sp³-hybridized carbons (Fsp3) is 0.280. The fourth-order valence-electron chi connectivity index (χ4n) is 3.72. The van der Waals surface area contributed by atoms with Gasteiger partial charge in [-0.05, 0) is 22.8 Å². The molecule has 0 atom stereocenters. The van der Waals surface area contributed by atoms with Crippen LogP contribution < -0.4 is 11.1 Å². The molecule has 1 aliphatic rings. The number of primary amides is 1. The third-order valence-electron chi connectivity index (χ3n) is 5.47. The molecule has 1 aromatic heterocycles. The third kappa shape index (κ3) is 5.90. The van der Waals surface area contributed by atoms with Crippen molar-refractivity contribution < 1.29 is 9.53 Å². The molecule has 3 aromatic rings. The van der Waals surface area contributed by atoms with Crippen LogP contribution in [0.25, 0.3) is 0 Å². The second kappa shape index (κ2) is 10.2.